The van der Waals surface area contributed by atoms with E-state index in [4.69, 9.17) is 10.0 Å². The number of nitrogens with one attached hydrogen (secondary N) is 3. The first-order valence-corrected chi connectivity index (χ1v) is 9.19. The smallest absolute Gasteiger partial charge is 0.277 e. The van der Waals surface area contributed by atoms with E-state index >= 15 is 0 Å². The molecule has 2 amide bonds. The highest BCUT2D eigenvalue weighted by molar-refractivity contribution is 6.00. The molecule has 0 spiro atoms. The van der Waals surface area contributed by atoms with Gasteiger partial charge >= 0.3 is 0 Å². The summed E-state index contributed by atoms with van der Waals surface area (Å²) in [5, 5.41) is 10.8. The zero-order valence-electron chi connectivity index (χ0n) is 16.2. The summed E-state index contributed by atoms with van der Waals surface area (Å²) >= 11 is 0. The van der Waals surface area contributed by atoms with E-state index in [0.29, 0.717) is 24.8 Å². The van der Waals surface area contributed by atoms with E-state index in [1.54, 1.807) is 13.0 Å². The van der Waals surface area contributed by atoms with Crippen molar-refractivity contribution < 1.29 is 32.8 Å². The number of halogens is 3. The van der Waals surface area contributed by atoms with Crippen LogP contribution >= 0.6 is 0 Å². The molecule has 0 atom stereocenters. The quantitative estimate of drug-likeness (QED) is 0.263. The first-order valence-electron chi connectivity index (χ1n) is 9.19. The Morgan fingerprint density at radius 2 is 1.80 bits per heavy atom. The standard InChI is InChI=1S/C20H22F3N3O4/c1-12-6-9-16(15(22)11-12)24-19-13(7-8-14(21)18(19)23)20(28)26-30-10-4-2-3-5-17(27)25-29/h6-9,11,24,29H,2-5,10H2,1H3,(H,25,27)(H,26,28). The van der Waals surface area contributed by atoms with Gasteiger partial charge in [0.05, 0.1) is 23.5 Å². The number of hydrogen-bond donors (Lipinski definition) is 4. The molecule has 0 fully saturated rings. The number of anilines is 2. The van der Waals surface area contributed by atoms with Crippen molar-refractivity contribution in [2.75, 3.05) is 11.9 Å². The SMILES string of the molecule is Cc1ccc(Nc2c(C(=O)NOCCCCCC(=O)NO)ccc(F)c2F)c(F)c1. The molecular weight excluding hydrogens is 403 g/mol. The fourth-order valence-corrected chi connectivity index (χ4v) is 2.58. The third-order valence-corrected chi connectivity index (χ3v) is 4.16. The molecule has 10 heteroatoms. The number of hydrogen-bond acceptors (Lipinski definition) is 5. The second kappa shape index (κ2) is 11.2. The van der Waals surface area contributed by atoms with E-state index in [-0.39, 0.29) is 24.3 Å². The summed E-state index contributed by atoms with van der Waals surface area (Å²) in [6, 6.07) is 5.98. The van der Waals surface area contributed by atoms with Gasteiger partial charge < -0.3 is 5.32 Å². The topological polar surface area (TPSA) is 99.7 Å². The molecular formula is C20H22F3N3O4. The molecule has 0 aliphatic heterocycles. The molecule has 0 saturated heterocycles. The molecule has 2 rings (SSSR count). The van der Waals surface area contributed by atoms with Crippen LogP contribution in [0.5, 0.6) is 0 Å². The Kier molecular flexibility index (Phi) is 8.63. The number of carbonyl (C=O) groups excluding carboxylic acids is 2. The van der Waals surface area contributed by atoms with Gasteiger partial charge in [0, 0.05) is 6.42 Å². The summed E-state index contributed by atoms with van der Waals surface area (Å²) in [7, 11) is 0. The van der Waals surface area contributed by atoms with E-state index in [1.807, 2.05) is 0 Å². The fourth-order valence-electron chi connectivity index (χ4n) is 2.58. The molecule has 4 N–H and O–H groups in total. The molecule has 2 aromatic rings. The van der Waals surface area contributed by atoms with Gasteiger partial charge in [-0.1, -0.05) is 12.5 Å². The molecule has 0 heterocycles. The number of amides is 2. The minimum Gasteiger partial charge on any atom is -0.350 e. The third-order valence-electron chi connectivity index (χ3n) is 4.16. The lowest BCUT2D eigenvalue weighted by molar-refractivity contribution is -0.129. The molecule has 30 heavy (non-hydrogen) atoms. The van der Waals surface area contributed by atoms with Gasteiger partial charge in [-0.15, -0.1) is 0 Å². The second-order valence-electron chi connectivity index (χ2n) is 6.52. The summed E-state index contributed by atoms with van der Waals surface area (Å²) in [5.74, 6) is -4.55. The van der Waals surface area contributed by atoms with Crippen molar-refractivity contribution in [1.82, 2.24) is 11.0 Å². The van der Waals surface area contributed by atoms with E-state index in [9.17, 15) is 22.8 Å². The van der Waals surface area contributed by atoms with Crippen LogP contribution in [0.25, 0.3) is 0 Å². The number of aryl methyl sites for hydroxylation is 1. The molecule has 7 nitrogen and oxygen atoms in total. The number of hydroxylamine groups is 2. The van der Waals surface area contributed by atoms with Crippen LogP contribution in [0.2, 0.25) is 0 Å². The van der Waals surface area contributed by atoms with Crippen LogP contribution in [0, 0.1) is 24.4 Å². The van der Waals surface area contributed by atoms with Gasteiger partial charge in [-0.05, 0) is 49.6 Å². The molecule has 0 aromatic heterocycles. The zero-order chi connectivity index (χ0) is 22.1. The van der Waals surface area contributed by atoms with Crippen LogP contribution < -0.4 is 16.3 Å². The third kappa shape index (κ3) is 6.46. The van der Waals surface area contributed by atoms with Crippen molar-refractivity contribution in [3.63, 3.8) is 0 Å². The molecule has 162 valence electrons. The van der Waals surface area contributed by atoms with E-state index < -0.39 is 35.0 Å². The predicted octanol–water partition coefficient (Wildman–Crippen LogP) is 3.88. The maximum Gasteiger partial charge on any atom is 0.277 e. The van der Waals surface area contributed by atoms with Crippen molar-refractivity contribution in [3.8, 4) is 0 Å². The Morgan fingerprint density at radius 3 is 2.50 bits per heavy atom. The lowest BCUT2D eigenvalue weighted by Gasteiger charge is -2.14. The van der Waals surface area contributed by atoms with Crippen LogP contribution in [0.1, 0.15) is 41.6 Å². The summed E-state index contributed by atoms with van der Waals surface area (Å²) in [6.45, 7) is 1.79. The van der Waals surface area contributed by atoms with E-state index in [2.05, 4.69) is 10.8 Å². The van der Waals surface area contributed by atoms with Crippen molar-refractivity contribution in [2.24, 2.45) is 0 Å². The van der Waals surface area contributed by atoms with Gasteiger partial charge in [-0.25, -0.2) is 24.1 Å². The lowest BCUT2D eigenvalue weighted by Crippen LogP contribution is -2.25. The summed E-state index contributed by atoms with van der Waals surface area (Å²) in [6.07, 6.45) is 1.79. The van der Waals surface area contributed by atoms with E-state index in [0.717, 1.165) is 12.1 Å². The number of benzene rings is 2. The molecule has 0 aliphatic rings. The van der Waals surface area contributed by atoms with Crippen LogP contribution in [0.4, 0.5) is 24.5 Å². The van der Waals surface area contributed by atoms with Crippen molar-refractivity contribution >= 4 is 23.2 Å². The Bertz CT molecular complexity index is 909. The number of carbonyl (C=O) groups is 2. The fraction of sp³-hybridized carbons (Fsp3) is 0.300. The molecule has 0 aliphatic carbocycles. The van der Waals surface area contributed by atoms with Gasteiger partial charge in [0.25, 0.3) is 5.91 Å². The van der Waals surface area contributed by atoms with Crippen LogP contribution in [0.15, 0.2) is 30.3 Å². The number of unbranched alkanes of at least 4 members (excludes halogenated alkanes) is 2. The number of rotatable bonds is 10. The lowest BCUT2D eigenvalue weighted by atomic mass is 10.1. The summed E-state index contributed by atoms with van der Waals surface area (Å²) in [5.41, 5.74) is 3.38. The highest BCUT2D eigenvalue weighted by Crippen LogP contribution is 2.28. The maximum absolute atomic E-state index is 14.3. The molecule has 0 saturated carbocycles. The van der Waals surface area contributed by atoms with Crippen molar-refractivity contribution in [1.29, 1.82) is 0 Å². The first kappa shape index (κ1) is 23.2. The van der Waals surface area contributed by atoms with E-state index in [1.165, 1.54) is 17.6 Å². The monoisotopic (exact) mass is 425 g/mol. The largest absolute Gasteiger partial charge is 0.350 e. The first-order chi connectivity index (χ1) is 14.3. The minimum absolute atomic E-state index is 0.117. The molecule has 0 bridgehead atoms. The van der Waals surface area contributed by atoms with Crippen LogP contribution in [-0.4, -0.2) is 23.6 Å². The molecule has 0 radical (unpaired) electrons. The van der Waals surface area contributed by atoms with Crippen LogP contribution in [0.3, 0.4) is 0 Å². The van der Waals surface area contributed by atoms with Crippen molar-refractivity contribution in [2.45, 2.75) is 32.6 Å². The molecule has 2 aromatic carbocycles. The van der Waals surface area contributed by atoms with Gasteiger partial charge in [-0.2, -0.15) is 0 Å². The summed E-state index contributed by atoms with van der Waals surface area (Å²) in [4.78, 5) is 28.2. The summed E-state index contributed by atoms with van der Waals surface area (Å²) < 4.78 is 42.1. The molecule has 0 unspecified atom stereocenters. The zero-order valence-corrected chi connectivity index (χ0v) is 16.2. The Morgan fingerprint density at radius 1 is 1.03 bits per heavy atom. The average molecular weight is 425 g/mol. The van der Waals surface area contributed by atoms with Gasteiger partial charge in [-0.3, -0.25) is 19.6 Å². The van der Waals surface area contributed by atoms with Gasteiger partial charge in [0.1, 0.15) is 5.82 Å². The second-order valence-corrected chi connectivity index (χ2v) is 6.52. The Hall–Kier alpha value is -3.11. The maximum atomic E-state index is 14.3. The predicted molar refractivity (Wildman–Crippen MR) is 103 cm³/mol. The average Bonchev–Trinajstić information content (AvgIpc) is 2.72. The normalized spacial score (nSPS) is 10.6. The minimum atomic E-state index is -1.33. The Labute approximate surface area is 171 Å². The van der Waals surface area contributed by atoms with Crippen LogP contribution in [-0.2, 0) is 9.63 Å². The van der Waals surface area contributed by atoms with Gasteiger partial charge in [0.15, 0.2) is 11.6 Å². The highest BCUT2D eigenvalue weighted by atomic mass is 19.2. The van der Waals surface area contributed by atoms with Crippen molar-refractivity contribution in [3.05, 3.63) is 58.9 Å². The van der Waals surface area contributed by atoms with Gasteiger partial charge in [0.2, 0.25) is 5.91 Å². The Balaban J connectivity index is 1.98. The highest BCUT2D eigenvalue weighted by Gasteiger charge is 2.20.